The SMILES string of the molecule is COc1cc(/C=C2/SC(=NC(C)C)N(C(C)C)C2=O)cc(Br)c1OCc1ccc(Cl)cc1. The van der Waals surface area contributed by atoms with Crippen molar-refractivity contribution >= 4 is 56.4 Å². The maximum atomic E-state index is 13.0. The molecule has 1 aliphatic heterocycles. The average Bonchev–Trinajstić information content (AvgIpc) is 3.02. The number of benzene rings is 2. The van der Waals surface area contributed by atoms with E-state index in [1.807, 2.05) is 70.2 Å². The molecule has 1 saturated heterocycles. The summed E-state index contributed by atoms with van der Waals surface area (Å²) in [5.41, 5.74) is 1.83. The quantitative estimate of drug-likeness (QED) is 0.365. The molecule has 1 fully saturated rings. The third-order valence-corrected chi connectivity index (χ3v) is 6.41. The van der Waals surface area contributed by atoms with Crippen LogP contribution in [-0.4, -0.2) is 35.2 Å². The molecule has 0 spiro atoms. The fourth-order valence-corrected chi connectivity index (χ4v) is 5.04. The number of thioether (sulfide) groups is 1. The van der Waals surface area contributed by atoms with Gasteiger partial charge in [-0.25, -0.2) is 0 Å². The Balaban J connectivity index is 1.87. The number of nitrogens with zero attached hydrogens (tertiary/aromatic N) is 2. The van der Waals surface area contributed by atoms with E-state index in [-0.39, 0.29) is 18.0 Å². The summed E-state index contributed by atoms with van der Waals surface area (Å²) in [6.07, 6.45) is 1.86. The number of hydrogen-bond acceptors (Lipinski definition) is 5. The topological polar surface area (TPSA) is 51.1 Å². The number of carbonyl (C=O) groups is 1. The minimum Gasteiger partial charge on any atom is -0.493 e. The molecule has 3 rings (SSSR count). The predicted molar refractivity (Wildman–Crippen MR) is 137 cm³/mol. The fraction of sp³-hybridized carbons (Fsp3) is 0.333. The van der Waals surface area contributed by atoms with Gasteiger partial charge in [0.15, 0.2) is 16.7 Å². The molecule has 0 saturated carbocycles. The molecule has 0 radical (unpaired) electrons. The van der Waals surface area contributed by atoms with Gasteiger partial charge < -0.3 is 9.47 Å². The molecule has 1 amide bonds. The second-order valence-corrected chi connectivity index (χ2v) is 10.1. The van der Waals surface area contributed by atoms with E-state index >= 15 is 0 Å². The number of aliphatic imine (C=N–C) groups is 1. The van der Waals surface area contributed by atoms with E-state index in [0.717, 1.165) is 20.8 Å². The lowest BCUT2D eigenvalue weighted by molar-refractivity contribution is -0.123. The number of rotatable bonds is 7. The average molecular weight is 538 g/mol. The molecule has 0 bridgehead atoms. The first kappa shape index (κ1) is 24.7. The maximum absolute atomic E-state index is 13.0. The zero-order chi connectivity index (χ0) is 23.4. The summed E-state index contributed by atoms with van der Waals surface area (Å²) in [6, 6.07) is 11.4. The zero-order valence-electron chi connectivity index (χ0n) is 18.7. The Labute approximate surface area is 207 Å². The van der Waals surface area contributed by atoms with Crippen LogP contribution in [0.3, 0.4) is 0 Å². The molecule has 0 unspecified atom stereocenters. The van der Waals surface area contributed by atoms with Crippen molar-refractivity contribution in [2.75, 3.05) is 7.11 Å². The minimum absolute atomic E-state index is 0.0308. The molecule has 32 heavy (non-hydrogen) atoms. The van der Waals surface area contributed by atoms with Crippen LogP contribution < -0.4 is 9.47 Å². The van der Waals surface area contributed by atoms with Crippen molar-refractivity contribution in [2.45, 2.75) is 46.4 Å². The number of hydrogen-bond donors (Lipinski definition) is 0. The number of amides is 1. The van der Waals surface area contributed by atoms with E-state index in [4.69, 9.17) is 21.1 Å². The van der Waals surface area contributed by atoms with Crippen molar-refractivity contribution in [3.05, 3.63) is 61.9 Å². The molecule has 8 heteroatoms. The van der Waals surface area contributed by atoms with Gasteiger partial charge in [0.25, 0.3) is 5.91 Å². The van der Waals surface area contributed by atoms with E-state index in [1.165, 1.54) is 11.8 Å². The highest BCUT2D eigenvalue weighted by Gasteiger charge is 2.35. The summed E-state index contributed by atoms with van der Waals surface area (Å²) in [7, 11) is 1.59. The Bertz CT molecular complexity index is 1050. The van der Waals surface area contributed by atoms with Gasteiger partial charge in [-0.05, 0) is 96.9 Å². The second kappa shape index (κ2) is 10.8. The van der Waals surface area contributed by atoms with E-state index < -0.39 is 0 Å². The molecule has 1 heterocycles. The normalized spacial score (nSPS) is 16.7. The number of amidine groups is 1. The molecular weight excluding hydrogens is 512 g/mol. The zero-order valence-corrected chi connectivity index (χ0v) is 21.8. The maximum Gasteiger partial charge on any atom is 0.266 e. The number of methoxy groups -OCH3 is 1. The molecule has 0 atom stereocenters. The van der Waals surface area contributed by atoms with Gasteiger partial charge >= 0.3 is 0 Å². The van der Waals surface area contributed by atoms with Gasteiger partial charge in [-0.15, -0.1) is 0 Å². The van der Waals surface area contributed by atoms with Crippen LogP contribution in [0.5, 0.6) is 11.5 Å². The van der Waals surface area contributed by atoms with Gasteiger partial charge in [-0.1, -0.05) is 23.7 Å². The summed E-state index contributed by atoms with van der Waals surface area (Å²) in [5, 5.41) is 1.42. The van der Waals surface area contributed by atoms with Crippen LogP contribution >= 0.6 is 39.3 Å². The second-order valence-electron chi connectivity index (χ2n) is 7.83. The monoisotopic (exact) mass is 536 g/mol. The Morgan fingerprint density at radius 1 is 1.19 bits per heavy atom. The molecule has 1 aliphatic rings. The lowest BCUT2D eigenvalue weighted by Gasteiger charge is -2.20. The van der Waals surface area contributed by atoms with E-state index in [2.05, 4.69) is 20.9 Å². The van der Waals surface area contributed by atoms with Crippen LogP contribution in [0.15, 0.2) is 50.8 Å². The minimum atomic E-state index is -0.0393. The highest BCUT2D eigenvalue weighted by Crippen LogP contribution is 2.40. The molecule has 0 aliphatic carbocycles. The third-order valence-electron chi connectivity index (χ3n) is 4.57. The van der Waals surface area contributed by atoms with Crippen LogP contribution in [0.25, 0.3) is 6.08 Å². The summed E-state index contributed by atoms with van der Waals surface area (Å²) in [5.74, 6) is 1.14. The third kappa shape index (κ3) is 5.88. The first-order valence-electron chi connectivity index (χ1n) is 10.2. The van der Waals surface area contributed by atoms with Crippen LogP contribution in [0.4, 0.5) is 0 Å². The predicted octanol–water partition coefficient (Wildman–Crippen LogP) is 6.78. The Kier molecular flexibility index (Phi) is 8.31. The lowest BCUT2D eigenvalue weighted by atomic mass is 10.1. The van der Waals surface area contributed by atoms with Crippen LogP contribution in [0, 0.1) is 0 Å². The summed E-state index contributed by atoms with van der Waals surface area (Å²) >= 11 is 10.9. The van der Waals surface area contributed by atoms with Gasteiger partial charge in [0.2, 0.25) is 0 Å². The molecule has 2 aromatic rings. The number of ether oxygens (including phenoxy) is 2. The Morgan fingerprint density at radius 2 is 1.88 bits per heavy atom. The highest BCUT2D eigenvalue weighted by molar-refractivity contribution is 9.10. The van der Waals surface area contributed by atoms with Crippen molar-refractivity contribution in [3.63, 3.8) is 0 Å². The van der Waals surface area contributed by atoms with Crippen molar-refractivity contribution in [2.24, 2.45) is 4.99 Å². The van der Waals surface area contributed by atoms with Crippen LogP contribution in [-0.2, 0) is 11.4 Å². The number of carbonyl (C=O) groups excluding carboxylic acids is 1. The van der Waals surface area contributed by atoms with Crippen LogP contribution in [0.1, 0.15) is 38.8 Å². The van der Waals surface area contributed by atoms with Crippen LogP contribution in [0.2, 0.25) is 5.02 Å². The van der Waals surface area contributed by atoms with Crippen molar-refractivity contribution < 1.29 is 14.3 Å². The first-order chi connectivity index (χ1) is 15.2. The number of halogens is 2. The van der Waals surface area contributed by atoms with Gasteiger partial charge in [-0.3, -0.25) is 14.7 Å². The lowest BCUT2D eigenvalue weighted by Crippen LogP contribution is -2.35. The van der Waals surface area contributed by atoms with Gasteiger partial charge in [0.05, 0.1) is 16.5 Å². The molecular formula is C24H26BrClN2O3S. The van der Waals surface area contributed by atoms with E-state index in [1.54, 1.807) is 12.0 Å². The molecule has 5 nitrogen and oxygen atoms in total. The van der Waals surface area contributed by atoms with Crippen molar-refractivity contribution in [3.8, 4) is 11.5 Å². The molecule has 170 valence electrons. The van der Waals surface area contributed by atoms with Gasteiger partial charge in [0, 0.05) is 17.1 Å². The Morgan fingerprint density at radius 3 is 2.47 bits per heavy atom. The van der Waals surface area contributed by atoms with Crippen molar-refractivity contribution in [1.82, 2.24) is 4.90 Å². The van der Waals surface area contributed by atoms with E-state index in [0.29, 0.717) is 28.0 Å². The smallest absolute Gasteiger partial charge is 0.266 e. The molecule has 0 N–H and O–H groups in total. The first-order valence-corrected chi connectivity index (χ1v) is 12.2. The van der Waals surface area contributed by atoms with Crippen molar-refractivity contribution in [1.29, 1.82) is 0 Å². The standard InChI is InChI=1S/C24H26BrClN2O3S/c1-14(2)27-24-28(15(3)4)23(29)21(32-24)12-17-10-19(25)22(20(11-17)30-5)31-13-16-6-8-18(26)9-7-16/h6-12,14-15H,13H2,1-5H3/b21-12+,27-24?. The summed E-state index contributed by atoms with van der Waals surface area (Å²) < 4.78 is 12.3. The molecule has 0 aromatic heterocycles. The highest BCUT2D eigenvalue weighted by atomic mass is 79.9. The summed E-state index contributed by atoms with van der Waals surface area (Å²) in [6.45, 7) is 8.36. The van der Waals surface area contributed by atoms with Gasteiger partial charge in [0.1, 0.15) is 6.61 Å². The fourth-order valence-electron chi connectivity index (χ4n) is 3.10. The van der Waals surface area contributed by atoms with Gasteiger partial charge in [-0.2, -0.15) is 0 Å². The largest absolute Gasteiger partial charge is 0.493 e. The summed E-state index contributed by atoms with van der Waals surface area (Å²) in [4.78, 5) is 20.0. The molecule has 2 aromatic carbocycles. The van der Waals surface area contributed by atoms with E-state index in [9.17, 15) is 4.79 Å². The Hall–Kier alpha value is -1.96.